The Labute approximate surface area is 114 Å². The predicted molar refractivity (Wildman–Crippen MR) is 74.3 cm³/mol. The summed E-state index contributed by atoms with van der Waals surface area (Å²) in [5, 5.41) is 12.0. The van der Waals surface area contributed by atoms with Gasteiger partial charge in [0.25, 0.3) is 0 Å². The predicted octanol–water partition coefficient (Wildman–Crippen LogP) is 3.31. The van der Waals surface area contributed by atoms with Crippen LogP contribution in [-0.2, 0) is 4.79 Å². The molecule has 0 atom stereocenters. The molecule has 0 aliphatic heterocycles. The number of halogens is 1. The Morgan fingerprint density at radius 2 is 1.88 bits per heavy atom. The Balaban J connectivity index is 2.11. The van der Waals surface area contributed by atoms with Crippen LogP contribution in [0.1, 0.15) is 25.7 Å². The van der Waals surface area contributed by atoms with Crippen LogP contribution in [0.25, 0.3) is 0 Å². The van der Waals surface area contributed by atoms with Gasteiger partial charge in [0.1, 0.15) is 5.41 Å². The Kier molecular flexibility index (Phi) is 3.67. The van der Waals surface area contributed by atoms with Gasteiger partial charge in [0.2, 0.25) is 5.91 Å². The van der Waals surface area contributed by atoms with Crippen LogP contribution in [0.4, 0.5) is 5.69 Å². The molecule has 0 aromatic heterocycles. The van der Waals surface area contributed by atoms with Crippen molar-refractivity contribution in [2.45, 2.75) is 25.7 Å². The molecule has 0 spiro atoms. The molecular formula is C13H13IN2O. The number of nitrogens with zero attached hydrogens (tertiary/aromatic N) is 1. The van der Waals surface area contributed by atoms with Gasteiger partial charge in [0.05, 0.1) is 6.07 Å². The summed E-state index contributed by atoms with van der Waals surface area (Å²) in [6.07, 6.45) is 3.29. The first-order valence-corrected chi connectivity index (χ1v) is 6.72. The van der Waals surface area contributed by atoms with Crippen molar-refractivity contribution in [1.29, 1.82) is 5.26 Å². The van der Waals surface area contributed by atoms with Gasteiger partial charge in [-0.25, -0.2) is 0 Å². The summed E-state index contributed by atoms with van der Waals surface area (Å²) < 4.78 is 1.12. The van der Waals surface area contributed by atoms with Crippen LogP contribution in [0, 0.1) is 20.3 Å². The molecule has 0 saturated heterocycles. The van der Waals surface area contributed by atoms with Gasteiger partial charge < -0.3 is 5.32 Å². The quantitative estimate of drug-likeness (QED) is 0.840. The second-order valence-corrected chi connectivity index (χ2v) is 5.61. The fourth-order valence-corrected chi connectivity index (χ4v) is 2.51. The van der Waals surface area contributed by atoms with Crippen molar-refractivity contribution in [3.05, 3.63) is 27.8 Å². The van der Waals surface area contributed by atoms with E-state index < -0.39 is 5.41 Å². The molecule has 17 heavy (non-hydrogen) atoms. The number of nitriles is 1. The molecule has 1 aliphatic rings. The number of carbonyl (C=O) groups is 1. The van der Waals surface area contributed by atoms with Crippen LogP contribution < -0.4 is 5.32 Å². The monoisotopic (exact) mass is 340 g/mol. The number of carbonyl (C=O) groups excluding carboxylic acids is 1. The standard InChI is InChI=1S/C13H13IN2O/c14-10-3-5-11(6-4-10)16-12(17)13(9-15)7-1-2-8-13/h3-6H,1-2,7-8H2,(H,16,17). The zero-order valence-corrected chi connectivity index (χ0v) is 11.5. The van der Waals surface area contributed by atoms with E-state index in [1.54, 1.807) is 0 Å². The molecule has 1 aliphatic carbocycles. The maximum atomic E-state index is 12.1. The topological polar surface area (TPSA) is 52.9 Å². The molecule has 1 amide bonds. The molecule has 0 heterocycles. The Hall–Kier alpha value is -1.09. The summed E-state index contributed by atoms with van der Waals surface area (Å²) in [6, 6.07) is 9.79. The fraction of sp³-hybridized carbons (Fsp3) is 0.385. The first kappa shape index (κ1) is 12.4. The number of rotatable bonds is 2. The Morgan fingerprint density at radius 3 is 2.41 bits per heavy atom. The lowest BCUT2D eigenvalue weighted by atomic mass is 9.87. The third-order valence-electron chi connectivity index (χ3n) is 3.21. The molecule has 1 aromatic rings. The van der Waals surface area contributed by atoms with Crippen molar-refractivity contribution in [2.24, 2.45) is 5.41 Å². The van der Waals surface area contributed by atoms with E-state index in [0.29, 0.717) is 12.8 Å². The number of hydrogen-bond acceptors (Lipinski definition) is 2. The van der Waals surface area contributed by atoms with Crippen molar-refractivity contribution in [2.75, 3.05) is 5.32 Å². The molecule has 0 radical (unpaired) electrons. The van der Waals surface area contributed by atoms with Crippen molar-refractivity contribution in [3.8, 4) is 6.07 Å². The molecule has 0 bridgehead atoms. The summed E-state index contributed by atoms with van der Waals surface area (Å²) >= 11 is 2.21. The lowest BCUT2D eigenvalue weighted by Crippen LogP contribution is -2.32. The lowest BCUT2D eigenvalue weighted by Gasteiger charge is -2.19. The third kappa shape index (κ3) is 2.60. The van der Waals surface area contributed by atoms with E-state index >= 15 is 0 Å². The maximum Gasteiger partial charge on any atom is 0.244 e. The summed E-state index contributed by atoms with van der Waals surface area (Å²) in [6.45, 7) is 0. The highest BCUT2D eigenvalue weighted by Gasteiger charge is 2.41. The smallest absolute Gasteiger partial charge is 0.244 e. The van der Waals surface area contributed by atoms with E-state index in [1.807, 2.05) is 24.3 Å². The van der Waals surface area contributed by atoms with Crippen molar-refractivity contribution in [1.82, 2.24) is 0 Å². The fourth-order valence-electron chi connectivity index (χ4n) is 2.15. The summed E-state index contributed by atoms with van der Waals surface area (Å²) in [7, 11) is 0. The van der Waals surface area contributed by atoms with Crippen molar-refractivity contribution < 1.29 is 4.79 Å². The summed E-state index contributed by atoms with van der Waals surface area (Å²) in [5.41, 5.74) is -0.0415. The van der Waals surface area contributed by atoms with E-state index in [1.165, 1.54) is 0 Å². The van der Waals surface area contributed by atoms with Gasteiger partial charge in [0, 0.05) is 9.26 Å². The molecule has 1 aromatic carbocycles. The van der Waals surface area contributed by atoms with Crippen LogP contribution in [0.15, 0.2) is 24.3 Å². The van der Waals surface area contributed by atoms with Crippen LogP contribution in [0.3, 0.4) is 0 Å². The minimum absolute atomic E-state index is 0.154. The SMILES string of the molecule is N#CC1(C(=O)Nc2ccc(I)cc2)CCCC1. The van der Waals surface area contributed by atoms with Gasteiger partial charge >= 0.3 is 0 Å². The number of anilines is 1. The first-order valence-electron chi connectivity index (χ1n) is 5.65. The highest BCUT2D eigenvalue weighted by molar-refractivity contribution is 14.1. The Morgan fingerprint density at radius 1 is 1.29 bits per heavy atom. The van der Waals surface area contributed by atoms with Crippen LogP contribution >= 0.6 is 22.6 Å². The average Bonchev–Trinajstić information content (AvgIpc) is 2.82. The third-order valence-corrected chi connectivity index (χ3v) is 3.93. The molecule has 88 valence electrons. The minimum atomic E-state index is -0.803. The molecule has 1 fully saturated rings. The van der Waals surface area contributed by atoms with Crippen LogP contribution in [-0.4, -0.2) is 5.91 Å². The number of benzene rings is 1. The molecule has 4 heteroatoms. The Bertz CT molecular complexity index is 455. The van der Waals surface area contributed by atoms with Gasteiger partial charge in [0.15, 0.2) is 0 Å². The highest BCUT2D eigenvalue weighted by atomic mass is 127. The molecule has 3 nitrogen and oxygen atoms in total. The van der Waals surface area contributed by atoms with Gasteiger partial charge in [-0.05, 0) is 59.7 Å². The maximum absolute atomic E-state index is 12.1. The molecule has 0 unspecified atom stereocenters. The molecule has 1 N–H and O–H groups in total. The molecular weight excluding hydrogens is 327 g/mol. The zero-order chi connectivity index (χ0) is 12.3. The number of hydrogen-bond donors (Lipinski definition) is 1. The van der Waals surface area contributed by atoms with E-state index in [-0.39, 0.29) is 5.91 Å². The van der Waals surface area contributed by atoms with Gasteiger partial charge in [-0.3, -0.25) is 4.79 Å². The summed E-state index contributed by atoms with van der Waals surface area (Å²) in [4.78, 5) is 12.1. The number of nitrogens with one attached hydrogen (secondary N) is 1. The molecule has 1 saturated carbocycles. The van der Waals surface area contributed by atoms with E-state index in [4.69, 9.17) is 0 Å². The minimum Gasteiger partial charge on any atom is -0.325 e. The highest BCUT2D eigenvalue weighted by Crippen LogP contribution is 2.38. The van der Waals surface area contributed by atoms with Crippen molar-refractivity contribution in [3.63, 3.8) is 0 Å². The van der Waals surface area contributed by atoms with E-state index in [0.717, 1.165) is 22.1 Å². The van der Waals surface area contributed by atoms with Gasteiger partial charge in [-0.1, -0.05) is 12.8 Å². The summed E-state index contributed by atoms with van der Waals surface area (Å²) in [5.74, 6) is -0.154. The zero-order valence-electron chi connectivity index (χ0n) is 9.37. The lowest BCUT2D eigenvalue weighted by molar-refractivity contribution is -0.122. The average molecular weight is 340 g/mol. The first-order chi connectivity index (χ1) is 8.16. The van der Waals surface area contributed by atoms with Gasteiger partial charge in [-0.2, -0.15) is 5.26 Å². The second-order valence-electron chi connectivity index (χ2n) is 4.36. The van der Waals surface area contributed by atoms with Crippen LogP contribution in [0.2, 0.25) is 0 Å². The molecule has 2 rings (SSSR count). The van der Waals surface area contributed by atoms with E-state index in [9.17, 15) is 10.1 Å². The normalized spacial score (nSPS) is 17.4. The van der Waals surface area contributed by atoms with Crippen LogP contribution in [0.5, 0.6) is 0 Å². The second kappa shape index (κ2) is 5.05. The van der Waals surface area contributed by atoms with Gasteiger partial charge in [-0.15, -0.1) is 0 Å². The van der Waals surface area contributed by atoms with E-state index in [2.05, 4.69) is 34.0 Å². The largest absolute Gasteiger partial charge is 0.325 e. The number of amides is 1. The van der Waals surface area contributed by atoms with Crippen molar-refractivity contribution >= 4 is 34.2 Å².